The number of halogens is 1. The molecule has 1 aliphatic heterocycles. The molecule has 2 aromatic carbocycles. The first-order valence-corrected chi connectivity index (χ1v) is 7.47. The molecule has 3 nitrogen and oxygen atoms in total. The molecule has 3 rings (SSSR count). The lowest BCUT2D eigenvalue weighted by molar-refractivity contribution is -0.116. The minimum Gasteiger partial charge on any atom is -0.326 e. The van der Waals surface area contributed by atoms with Gasteiger partial charge in [-0.1, -0.05) is 41.9 Å². The van der Waals surface area contributed by atoms with Crippen molar-refractivity contribution in [3.05, 3.63) is 64.7 Å². The summed E-state index contributed by atoms with van der Waals surface area (Å²) in [5, 5.41) is 6.93. The highest BCUT2D eigenvalue weighted by molar-refractivity contribution is 6.30. The zero-order chi connectivity index (χ0) is 14.7. The number of hydrogen-bond acceptors (Lipinski definition) is 2. The normalized spacial score (nSPS) is 17.1. The van der Waals surface area contributed by atoms with Gasteiger partial charge in [-0.25, -0.2) is 0 Å². The molecule has 0 radical (unpaired) electrons. The van der Waals surface area contributed by atoms with E-state index in [1.54, 1.807) is 12.1 Å². The number of anilines is 1. The van der Waals surface area contributed by atoms with Gasteiger partial charge >= 0.3 is 0 Å². The lowest BCUT2D eigenvalue weighted by Crippen LogP contribution is -2.32. The standard InChI is InChI=1S/C17H17ClN2O/c18-13-5-3-6-14(10-13)20-17(21)11-16-15-7-2-1-4-12(15)8-9-19-16/h1-7,10,16,19H,8-9,11H2,(H,20,21)/t16-/m0/s1. The van der Waals surface area contributed by atoms with Gasteiger partial charge in [0.1, 0.15) is 0 Å². The summed E-state index contributed by atoms with van der Waals surface area (Å²) in [6.45, 7) is 0.909. The van der Waals surface area contributed by atoms with Crippen LogP contribution < -0.4 is 10.6 Å². The van der Waals surface area contributed by atoms with Crippen LogP contribution in [0.1, 0.15) is 23.6 Å². The van der Waals surface area contributed by atoms with Gasteiger partial charge in [0.05, 0.1) is 0 Å². The minimum atomic E-state index is -0.00790. The van der Waals surface area contributed by atoms with E-state index < -0.39 is 0 Å². The molecule has 0 saturated heterocycles. The lowest BCUT2D eigenvalue weighted by Gasteiger charge is -2.26. The number of fused-ring (bicyclic) bond motifs is 1. The fourth-order valence-corrected chi connectivity index (χ4v) is 2.93. The molecule has 0 spiro atoms. The van der Waals surface area contributed by atoms with Crippen molar-refractivity contribution in [1.29, 1.82) is 0 Å². The maximum Gasteiger partial charge on any atom is 0.226 e. The van der Waals surface area contributed by atoms with Crippen LogP contribution in [0.2, 0.25) is 5.02 Å². The van der Waals surface area contributed by atoms with Crippen LogP contribution in [0.25, 0.3) is 0 Å². The number of nitrogens with one attached hydrogen (secondary N) is 2. The van der Waals surface area contributed by atoms with Crippen LogP contribution >= 0.6 is 11.6 Å². The van der Waals surface area contributed by atoms with Gasteiger partial charge in [0, 0.05) is 23.2 Å². The van der Waals surface area contributed by atoms with Gasteiger partial charge in [-0.2, -0.15) is 0 Å². The molecular formula is C17H17ClN2O. The molecule has 4 heteroatoms. The average Bonchev–Trinajstić information content (AvgIpc) is 2.47. The molecule has 0 fully saturated rings. The third-order valence-electron chi connectivity index (χ3n) is 3.71. The summed E-state index contributed by atoms with van der Waals surface area (Å²) in [4.78, 5) is 12.2. The molecule has 1 heterocycles. The number of hydrogen-bond donors (Lipinski definition) is 2. The highest BCUT2D eigenvalue weighted by Gasteiger charge is 2.21. The highest BCUT2D eigenvalue weighted by Crippen LogP contribution is 2.25. The van der Waals surface area contributed by atoms with Crippen LogP contribution in [0.4, 0.5) is 5.69 Å². The Kier molecular flexibility index (Phi) is 4.23. The van der Waals surface area contributed by atoms with Gasteiger partial charge in [0.2, 0.25) is 5.91 Å². The Morgan fingerprint density at radius 3 is 2.95 bits per heavy atom. The van der Waals surface area contributed by atoms with E-state index in [0.717, 1.165) is 18.7 Å². The zero-order valence-electron chi connectivity index (χ0n) is 11.6. The Labute approximate surface area is 129 Å². The van der Waals surface area contributed by atoms with Crippen LogP contribution in [0.3, 0.4) is 0 Å². The Morgan fingerprint density at radius 2 is 2.10 bits per heavy atom. The van der Waals surface area contributed by atoms with E-state index in [0.29, 0.717) is 11.4 Å². The van der Waals surface area contributed by atoms with Crippen molar-refractivity contribution >= 4 is 23.2 Å². The van der Waals surface area contributed by atoms with Gasteiger partial charge in [0.15, 0.2) is 0 Å². The van der Waals surface area contributed by atoms with Gasteiger partial charge in [-0.05, 0) is 42.3 Å². The average molecular weight is 301 g/mol. The van der Waals surface area contributed by atoms with E-state index in [-0.39, 0.29) is 11.9 Å². The topological polar surface area (TPSA) is 41.1 Å². The first-order chi connectivity index (χ1) is 10.2. The quantitative estimate of drug-likeness (QED) is 0.910. The number of benzene rings is 2. The second kappa shape index (κ2) is 6.29. The van der Waals surface area contributed by atoms with Crippen LogP contribution in [0, 0.1) is 0 Å². The number of carbonyl (C=O) groups excluding carboxylic acids is 1. The Hall–Kier alpha value is -1.84. The SMILES string of the molecule is O=C(C[C@@H]1NCCc2ccccc21)Nc1cccc(Cl)c1. The minimum absolute atomic E-state index is 0.00790. The Bertz CT molecular complexity index is 657. The molecular weight excluding hydrogens is 284 g/mol. The van der Waals surface area contributed by atoms with Gasteiger partial charge < -0.3 is 10.6 Å². The van der Waals surface area contributed by atoms with Crippen molar-refractivity contribution in [2.75, 3.05) is 11.9 Å². The van der Waals surface area contributed by atoms with Crippen LogP contribution in [-0.2, 0) is 11.2 Å². The predicted molar refractivity (Wildman–Crippen MR) is 85.6 cm³/mol. The summed E-state index contributed by atoms with van der Waals surface area (Å²) in [7, 11) is 0. The molecule has 0 bridgehead atoms. The monoisotopic (exact) mass is 300 g/mol. The van der Waals surface area contributed by atoms with Gasteiger partial charge in [-0.15, -0.1) is 0 Å². The lowest BCUT2D eigenvalue weighted by atomic mass is 9.92. The van der Waals surface area contributed by atoms with Crippen molar-refractivity contribution < 1.29 is 4.79 Å². The first-order valence-electron chi connectivity index (χ1n) is 7.09. The molecule has 0 aliphatic carbocycles. The second-order valence-corrected chi connectivity index (χ2v) is 5.65. The largest absolute Gasteiger partial charge is 0.326 e. The summed E-state index contributed by atoms with van der Waals surface area (Å²) in [5.41, 5.74) is 3.29. The smallest absolute Gasteiger partial charge is 0.226 e. The molecule has 0 unspecified atom stereocenters. The fourth-order valence-electron chi connectivity index (χ4n) is 2.74. The van der Waals surface area contributed by atoms with E-state index in [9.17, 15) is 4.79 Å². The molecule has 21 heavy (non-hydrogen) atoms. The van der Waals surface area contributed by atoms with Crippen molar-refractivity contribution in [2.45, 2.75) is 18.9 Å². The van der Waals surface area contributed by atoms with E-state index >= 15 is 0 Å². The molecule has 2 aromatic rings. The molecule has 2 N–H and O–H groups in total. The van der Waals surface area contributed by atoms with Crippen LogP contribution in [0.15, 0.2) is 48.5 Å². The zero-order valence-corrected chi connectivity index (χ0v) is 12.4. The summed E-state index contributed by atoms with van der Waals surface area (Å²) in [5.74, 6) is -0.00790. The molecule has 0 aromatic heterocycles. The van der Waals surface area contributed by atoms with Gasteiger partial charge in [0.25, 0.3) is 0 Å². The maximum absolute atomic E-state index is 12.2. The highest BCUT2D eigenvalue weighted by atomic mass is 35.5. The predicted octanol–water partition coefficient (Wildman–Crippen LogP) is 3.56. The van der Waals surface area contributed by atoms with Crippen molar-refractivity contribution in [1.82, 2.24) is 5.32 Å². The van der Waals surface area contributed by atoms with Crippen LogP contribution in [0.5, 0.6) is 0 Å². The van der Waals surface area contributed by atoms with E-state index in [1.165, 1.54) is 11.1 Å². The van der Waals surface area contributed by atoms with E-state index in [2.05, 4.69) is 22.8 Å². The molecule has 0 saturated carbocycles. The summed E-state index contributed by atoms with van der Waals surface area (Å²) >= 11 is 5.92. The third-order valence-corrected chi connectivity index (χ3v) is 3.95. The summed E-state index contributed by atoms with van der Waals surface area (Å²) in [6.07, 6.45) is 1.44. The Balaban J connectivity index is 1.68. The molecule has 108 valence electrons. The fraction of sp³-hybridized carbons (Fsp3) is 0.235. The summed E-state index contributed by atoms with van der Waals surface area (Å²) in [6, 6.07) is 15.6. The Morgan fingerprint density at radius 1 is 1.24 bits per heavy atom. The van der Waals surface area contributed by atoms with E-state index in [4.69, 9.17) is 11.6 Å². The van der Waals surface area contributed by atoms with Crippen molar-refractivity contribution in [3.8, 4) is 0 Å². The molecule has 1 amide bonds. The molecule has 1 atom stereocenters. The first kappa shape index (κ1) is 14.1. The second-order valence-electron chi connectivity index (χ2n) is 5.22. The van der Waals surface area contributed by atoms with Crippen LogP contribution in [-0.4, -0.2) is 12.5 Å². The van der Waals surface area contributed by atoms with E-state index in [1.807, 2.05) is 24.3 Å². The summed E-state index contributed by atoms with van der Waals surface area (Å²) < 4.78 is 0. The van der Waals surface area contributed by atoms with Gasteiger partial charge in [-0.3, -0.25) is 4.79 Å². The molecule has 1 aliphatic rings. The van der Waals surface area contributed by atoms with Crippen molar-refractivity contribution in [3.63, 3.8) is 0 Å². The number of amides is 1. The maximum atomic E-state index is 12.2. The third kappa shape index (κ3) is 3.43. The number of rotatable bonds is 3. The number of carbonyl (C=O) groups is 1. The van der Waals surface area contributed by atoms with Crippen molar-refractivity contribution in [2.24, 2.45) is 0 Å².